The summed E-state index contributed by atoms with van der Waals surface area (Å²) >= 11 is 17.9. The van der Waals surface area contributed by atoms with Crippen molar-refractivity contribution in [3.63, 3.8) is 0 Å². The van der Waals surface area contributed by atoms with Crippen LogP contribution in [0.15, 0.2) is 12.1 Å². The van der Waals surface area contributed by atoms with Gasteiger partial charge < -0.3 is 10.1 Å². The van der Waals surface area contributed by atoms with Crippen molar-refractivity contribution in [3.8, 4) is 0 Å². The lowest BCUT2D eigenvalue weighted by atomic mass is 10.1. The molecule has 1 atom stereocenters. The third-order valence-corrected chi connectivity index (χ3v) is 3.84. The molecule has 0 aliphatic carbocycles. The summed E-state index contributed by atoms with van der Waals surface area (Å²) in [6.45, 7) is 1.60. The van der Waals surface area contributed by atoms with Crippen LogP contribution in [0.2, 0.25) is 15.1 Å². The summed E-state index contributed by atoms with van der Waals surface area (Å²) in [6, 6.07) is 3.39. The molecular weight excluding hydrogens is 280 g/mol. The van der Waals surface area contributed by atoms with E-state index in [1.807, 2.05) is 0 Å². The average molecular weight is 295 g/mol. The summed E-state index contributed by atoms with van der Waals surface area (Å²) in [4.78, 5) is 0. The van der Waals surface area contributed by atoms with Crippen molar-refractivity contribution in [2.45, 2.75) is 25.4 Å². The van der Waals surface area contributed by atoms with Crippen LogP contribution >= 0.6 is 34.8 Å². The fraction of sp³-hybridized carbons (Fsp3) is 0.500. The first-order chi connectivity index (χ1) is 8.16. The lowest BCUT2D eigenvalue weighted by molar-refractivity contribution is 0.0247. The van der Waals surface area contributed by atoms with Gasteiger partial charge in [-0.05, 0) is 31.4 Å². The first-order valence-corrected chi connectivity index (χ1v) is 6.80. The van der Waals surface area contributed by atoms with E-state index in [0.717, 1.165) is 31.7 Å². The number of ether oxygens (including phenoxy) is 1. The Balaban J connectivity index is 1.96. The molecule has 1 aliphatic rings. The molecular formula is C12H14Cl3NO. The van der Waals surface area contributed by atoms with Gasteiger partial charge in [-0.1, -0.05) is 34.8 Å². The lowest BCUT2D eigenvalue weighted by Gasteiger charge is -2.23. The summed E-state index contributed by atoms with van der Waals surface area (Å²) in [7, 11) is 0. The van der Waals surface area contributed by atoms with Crippen molar-refractivity contribution in [1.29, 1.82) is 0 Å². The van der Waals surface area contributed by atoms with E-state index in [0.29, 0.717) is 15.1 Å². The molecule has 0 saturated carbocycles. The van der Waals surface area contributed by atoms with Crippen LogP contribution in [0.4, 0.5) is 5.69 Å². The highest BCUT2D eigenvalue weighted by atomic mass is 35.5. The molecule has 2 nitrogen and oxygen atoms in total. The van der Waals surface area contributed by atoms with Crippen LogP contribution in [0.3, 0.4) is 0 Å². The second kappa shape index (κ2) is 6.14. The Bertz CT molecular complexity index is 392. The Morgan fingerprint density at radius 3 is 2.59 bits per heavy atom. The van der Waals surface area contributed by atoms with Crippen LogP contribution in [0.25, 0.3) is 0 Å². The minimum atomic E-state index is 0.259. The van der Waals surface area contributed by atoms with Gasteiger partial charge in [0.25, 0.3) is 0 Å². The Labute approximate surface area is 116 Å². The molecule has 0 aromatic heterocycles. The lowest BCUT2D eigenvalue weighted by Crippen LogP contribution is -2.27. The van der Waals surface area contributed by atoms with Crippen LogP contribution in [0.1, 0.15) is 19.3 Å². The maximum atomic E-state index is 6.07. The topological polar surface area (TPSA) is 21.3 Å². The van der Waals surface area contributed by atoms with E-state index < -0.39 is 0 Å². The molecule has 1 N–H and O–H groups in total. The quantitative estimate of drug-likeness (QED) is 0.821. The SMILES string of the molecule is Clc1cc(Cl)c(NCC2CCCCO2)cc1Cl. The highest BCUT2D eigenvalue weighted by molar-refractivity contribution is 6.44. The molecule has 5 heteroatoms. The number of nitrogens with one attached hydrogen (secondary N) is 1. The van der Waals surface area contributed by atoms with Gasteiger partial charge in [0.1, 0.15) is 0 Å². The second-order valence-corrected chi connectivity index (χ2v) is 5.34. The number of rotatable bonds is 3. The Morgan fingerprint density at radius 1 is 1.12 bits per heavy atom. The molecule has 0 spiro atoms. The highest BCUT2D eigenvalue weighted by Crippen LogP contribution is 2.32. The van der Waals surface area contributed by atoms with E-state index in [4.69, 9.17) is 39.5 Å². The van der Waals surface area contributed by atoms with E-state index in [-0.39, 0.29) is 6.10 Å². The van der Waals surface area contributed by atoms with Gasteiger partial charge in [-0.3, -0.25) is 0 Å². The van der Waals surface area contributed by atoms with Crippen LogP contribution in [-0.4, -0.2) is 19.3 Å². The third-order valence-electron chi connectivity index (χ3n) is 2.80. The monoisotopic (exact) mass is 293 g/mol. The summed E-state index contributed by atoms with van der Waals surface area (Å²) in [6.07, 6.45) is 3.73. The third kappa shape index (κ3) is 3.65. The van der Waals surface area contributed by atoms with Crippen molar-refractivity contribution >= 4 is 40.5 Å². The van der Waals surface area contributed by atoms with Crippen LogP contribution in [0.5, 0.6) is 0 Å². The normalized spacial score (nSPS) is 20.3. The Kier molecular flexibility index (Phi) is 4.80. The smallest absolute Gasteiger partial charge is 0.0747 e. The molecule has 1 saturated heterocycles. The average Bonchev–Trinajstić information content (AvgIpc) is 2.33. The van der Waals surface area contributed by atoms with Gasteiger partial charge in [0, 0.05) is 13.2 Å². The number of anilines is 1. The Hall–Kier alpha value is -0.150. The van der Waals surface area contributed by atoms with Gasteiger partial charge >= 0.3 is 0 Å². The summed E-state index contributed by atoms with van der Waals surface area (Å²) < 4.78 is 5.63. The first-order valence-electron chi connectivity index (χ1n) is 5.67. The van der Waals surface area contributed by atoms with Crippen LogP contribution < -0.4 is 5.32 Å². The predicted molar refractivity (Wildman–Crippen MR) is 73.6 cm³/mol. The number of benzene rings is 1. The number of hydrogen-bond donors (Lipinski definition) is 1. The van der Waals surface area contributed by atoms with Gasteiger partial charge in [-0.15, -0.1) is 0 Å². The fourth-order valence-electron chi connectivity index (χ4n) is 1.85. The molecule has 1 aromatic carbocycles. The van der Waals surface area contributed by atoms with Crippen molar-refractivity contribution in [3.05, 3.63) is 27.2 Å². The highest BCUT2D eigenvalue weighted by Gasteiger charge is 2.14. The van der Waals surface area contributed by atoms with Gasteiger partial charge in [-0.25, -0.2) is 0 Å². The summed E-state index contributed by atoms with van der Waals surface area (Å²) in [5, 5.41) is 4.80. The van der Waals surface area contributed by atoms with E-state index in [2.05, 4.69) is 5.32 Å². The van der Waals surface area contributed by atoms with Crippen LogP contribution in [-0.2, 0) is 4.74 Å². The molecule has 0 bridgehead atoms. The van der Waals surface area contributed by atoms with Crippen molar-refractivity contribution in [1.82, 2.24) is 0 Å². The fourth-order valence-corrected chi connectivity index (χ4v) is 2.46. The van der Waals surface area contributed by atoms with E-state index in [9.17, 15) is 0 Å². The molecule has 94 valence electrons. The molecule has 0 amide bonds. The zero-order chi connectivity index (χ0) is 12.3. The van der Waals surface area contributed by atoms with Gasteiger partial charge in [0.05, 0.1) is 26.9 Å². The molecule has 1 aliphatic heterocycles. The molecule has 1 aromatic rings. The number of halogens is 3. The molecule has 2 rings (SSSR count). The van der Waals surface area contributed by atoms with E-state index in [1.165, 1.54) is 6.42 Å². The predicted octanol–water partition coefficient (Wildman–Crippen LogP) is 4.63. The number of hydrogen-bond acceptors (Lipinski definition) is 2. The molecule has 1 heterocycles. The first kappa shape index (κ1) is 13.3. The molecule has 1 unspecified atom stereocenters. The Morgan fingerprint density at radius 2 is 1.88 bits per heavy atom. The van der Waals surface area contributed by atoms with Crippen LogP contribution in [0, 0.1) is 0 Å². The standard InChI is InChI=1S/C12H14Cl3NO/c13-9-5-11(15)12(6-10(9)14)16-7-8-3-1-2-4-17-8/h5-6,8,16H,1-4,7H2. The minimum absolute atomic E-state index is 0.259. The molecule has 0 radical (unpaired) electrons. The van der Waals surface area contributed by atoms with Crippen molar-refractivity contribution in [2.75, 3.05) is 18.5 Å². The van der Waals surface area contributed by atoms with E-state index >= 15 is 0 Å². The zero-order valence-corrected chi connectivity index (χ0v) is 11.6. The largest absolute Gasteiger partial charge is 0.381 e. The van der Waals surface area contributed by atoms with Crippen molar-refractivity contribution in [2.24, 2.45) is 0 Å². The second-order valence-electron chi connectivity index (χ2n) is 4.12. The zero-order valence-electron chi connectivity index (χ0n) is 9.31. The van der Waals surface area contributed by atoms with Crippen molar-refractivity contribution < 1.29 is 4.74 Å². The molecule has 1 fully saturated rings. The summed E-state index contributed by atoms with van der Waals surface area (Å²) in [5.41, 5.74) is 0.801. The minimum Gasteiger partial charge on any atom is -0.381 e. The maximum absolute atomic E-state index is 6.07. The molecule has 17 heavy (non-hydrogen) atoms. The van der Waals surface area contributed by atoms with E-state index in [1.54, 1.807) is 12.1 Å². The van der Waals surface area contributed by atoms with Gasteiger partial charge in [-0.2, -0.15) is 0 Å². The van der Waals surface area contributed by atoms with Gasteiger partial charge in [0.2, 0.25) is 0 Å². The maximum Gasteiger partial charge on any atom is 0.0747 e. The summed E-state index contributed by atoms with van der Waals surface area (Å²) in [5.74, 6) is 0. The van der Waals surface area contributed by atoms with Gasteiger partial charge in [0.15, 0.2) is 0 Å².